The van der Waals surface area contributed by atoms with Crippen LogP contribution in [0.25, 0.3) is 0 Å². The number of amides is 1. The zero-order chi connectivity index (χ0) is 20.1. The van der Waals surface area contributed by atoms with Gasteiger partial charge in [-0.05, 0) is 29.5 Å². The maximum absolute atomic E-state index is 14.2. The molecule has 2 heteroatoms. The fraction of sp³-hybridized carbons (Fsp3) is 0.296. The number of rotatable bonds is 6. The third-order valence-electron chi connectivity index (χ3n) is 6.27. The summed E-state index contributed by atoms with van der Waals surface area (Å²) in [4.78, 5) is 16.3. The molecule has 4 rings (SSSR count). The van der Waals surface area contributed by atoms with Crippen molar-refractivity contribution in [2.45, 2.75) is 37.5 Å². The van der Waals surface area contributed by atoms with Gasteiger partial charge in [-0.3, -0.25) is 4.79 Å². The van der Waals surface area contributed by atoms with Gasteiger partial charge in [0, 0.05) is 19.0 Å². The van der Waals surface area contributed by atoms with Crippen molar-refractivity contribution in [1.29, 1.82) is 0 Å². The monoisotopic (exact) mass is 383 g/mol. The topological polar surface area (TPSA) is 20.3 Å². The largest absolute Gasteiger partial charge is 0.341 e. The SMILES string of the molecule is CCCC(C(=O)N1CCC(c2ccccc2)C1)(c1ccccc1)c1ccccc1. The average Bonchev–Trinajstić information content (AvgIpc) is 3.29. The normalized spacial score (nSPS) is 16.7. The predicted octanol–water partition coefficient (Wildman–Crippen LogP) is 5.79. The Bertz CT molecular complexity index is 881. The number of likely N-dealkylation sites (tertiary alicyclic amines) is 1. The lowest BCUT2D eigenvalue weighted by molar-refractivity contribution is -0.135. The van der Waals surface area contributed by atoms with Gasteiger partial charge >= 0.3 is 0 Å². The van der Waals surface area contributed by atoms with Crippen LogP contribution < -0.4 is 0 Å². The van der Waals surface area contributed by atoms with Gasteiger partial charge in [-0.2, -0.15) is 0 Å². The minimum Gasteiger partial charge on any atom is -0.341 e. The molecule has 0 aromatic heterocycles. The Balaban J connectivity index is 1.72. The fourth-order valence-corrected chi connectivity index (χ4v) is 4.84. The molecular weight excluding hydrogens is 354 g/mol. The molecular formula is C27H29NO. The standard InChI is InChI=1S/C27H29NO/c1-2-19-27(24-14-8-4-9-15-24,25-16-10-5-11-17-25)26(29)28-20-18-23(21-28)22-12-6-3-7-13-22/h3-17,23H,2,18-21H2,1H3. The molecule has 1 saturated heterocycles. The molecule has 148 valence electrons. The second-order valence-electron chi connectivity index (χ2n) is 8.03. The molecule has 0 saturated carbocycles. The van der Waals surface area contributed by atoms with Gasteiger partial charge in [0.2, 0.25) is 5.91 Å². The third kappa shape index (κ3) is 3.72. The molecule has 0 N–H and O–H groups in total. The molecule has 0 aliphatic carbocycles. The second kappa shape index (κ2) is 8.65. The van der Waals surface area contributed by atoms with Crippen molar-refractivity contribution in [2.75, 3.05) is 13.1 Å². The van der Waals surface area contributed by atoms with Crippen LogP contribution in [-0.4, -0.2) is 23.9 Å². The molecule has 1 atom stereocenters. The molecule has 1 fully saturated rings. The van der Waals surface area contributed by atoms with E-state index in [4.69, 9.17) is 0 Å². The Hall–Kier alpha value is -2.87. The van der Waals surface area contributed by atoms with Crippen LogP contribution >= 0.6 is 0 Å². The molecule has 1 aliphatic heterocycles. The van der Waals surface area contributed by atoms with Crippen LogP contribution in [0.4, 0.5) is 0 Å². The van der Waals surface area contributed by atoms with Crippen LogP contribution in [0, 0.1) is 0 Å². The third-order valence-corrected chi connectivity index (χ3v) is 6.27. The summed E-state index contributed by atoms with van der Waals surface area (Å²) in [5, 5.41) is 0. The quantitative estimate of drug-likeness (QED) is 0.528. The van der Waals surface area contributed by atoms with Crippen LogP contribution in [0.2, 0.25) is 0 Å². The van der Waals surface area contributed by atoms with E-state index in [0.717, 1.165) is 43.5 Å². The number of carbonyl (C=O) groups is 1. The van der Waals surface area contributed by atoms with E-state index in [1.54, 1.807) is 0 Å². The number of benzene rings is 3. The lowest BCUT2D eigenvalue weighted by Gasteiger charge is -2.37. The molecule has 29 heavy (non-hydrogen) atoms. The summed E-state index contributed by atoms with van der Waals surface area (Å²) in [5.41, 5.74) is 2.91. The predicted molar refractivity (Wildman–Crippen MR) is 119 cm³/mol. The summed E-state index contributed by atoms with van der Waals surface area (Å²) in [6.45, 7) is 3.79. The van der Waals surface area contributed by atoms with Crippen molar-refractivity contribution in [3.05, 3.63) is 108 Å². The zero-order valence-electron chi connectivity index (χ0n) is 17.1. The maximum atomic E-state index is 14.2. The first-order valence-corrected chi connectivity index (χ1v) is 10.7. The summed E-state index contributed by atoms with van der Waals surface area (Å²) in [7, 11) is 0. The highest BCUT2D eigenvalue weighted by atomic mass is 16.2. The lowest BCUT2D eigenvalue weighted by Crippen LogP contribution is -2.47. The first-order chi connectivity index (χ1) is 14.3. The van der Waals surface area contributed by atoms with E-state index in [1.807, 2.05) is 36.4 Å². The van der Waals surface area contributed by atoms with Gasteiger partial charge in [-0.25, -0.2) is 0 Å². The van der Waals surface area contributed by atoms with Crippen LogP contribution in [-0.2, 0) is 10.2 Å². The molecule has 1 unspecified atom stereocenters. The van der Waals surface area contributed by atoms with E-state index in [0.29, 0.717) is 5.92 Å². The van der Waals surface area contributed by atoms with Crippen molar-refractivity contribution in [1.82, 2.24) is 4.90 Å². The highest BCUT2D eigenvalue weighted by Gasteiger charge is 2.45. The van der Waals surface area contributed by atoms with E-state index in [9.17, 15) is 4.79 Å². The molecule has 3 aromatic carbocycles. The van der Waals surface area contributed by atoms with E-state index >= 15 is 0 Å². The summed E-state index contributed by atoms with van der Waals surface area (Å²) in [6.07, 6.45) is 2.79. The van der Waals surface area contributed by atoms with E-state index in [1.165, 1.54) is 5.56 Å². The smallest absolute Gasteiger partial charge is 0.237 e. The maximum Gasteiger partial charge on any atom is 0.237 e. The molecule has 0 bridgehead atoms. The summed E-state index contributed by atoms with van der Waals surface area (Å²) in [5.74, 6) is 0.668. The van der Waals surface area contributed by atoms with Crippen LogP contribution in [0.3, 0.4) is 0 Å². The number of carbonyl (C=O) groups excluding carboxylic acids is 1. The Morgan fingerprint density at radius 3 is 1.90 bits per heavy atom. The van der Waals surface area contributed by atoms with Crippen molar-refractivity contribution >= 4 is 5.91 Å². The van der Waals surface area contributed by atoms with Crippen LogP contribution in [0.1, 0.15) is 48.8 Å². The van der Waals surface area contributed by atoms with Gasteiger partial charge in [-0.15, -0.1) is 0 Å². The second-order valence-corrected chi connectivity index (χ2v) is 8.03. The first kappa shape index (κ1) is 19.4. The van der Waals surface area contributed by atoms with Crippen LogP contribution in [0.15, 0.2) is 91.0 Å². The minimum atomic E-state index is -0.622. The summed E-state index contributed by atoms with van der Waals surface area (Å²) in [6, 6.07) is 31.3. The summed E-state index contributed by atoms with van der Waals surface area (Å²) < 4.78 is 0. The first-order valence-electron chi connectivity index (χ1n) is 10.7. The molecule has 2 nitrogen and oxygen atoms in total. The van der Waals surface area contributed by atoms with Crippen molar-refractivity contribution in [3.63, 3.8) is 0 Å². The van der Waals surface area contributed by atoms with Crippen LogP contribution in [0.5, 0.6) is 0 Å². The Kier molecular flexibility index (Phi) is 5.80. The zero-order valence-corrected chi connectivity index (χ0v) is 17.1. The van der Waals surface area contributed by atoms with Crippen molar-refractivity contribution < 1.29 is 4.79 Å². The van der Waals surface area contributed by atoms with Gasteiger partial charge in [0.05, 0.1) is 5.41 Å². The number of hydrogen-bond donors (Lipinski definition) is 0. The highest BCUT2D eigenvalue weighted by molar-refractivity contribution is 5.92. The van der Waals surface area contributed by atoms with Crippen molar-refractivity contribution in [3.8, 4) is 0 Å². The lowest BCUT2D eigenvalue weighted by atomic mass is 9.70. The van der Waals surface area contributed by atoms with E-state index in [-0.39, 0.29) is 5.91 Å². The Morgan fingerprint density at radius 1 is 0.862 bits per heavy atom. The van der Waals surface area contributed by atoms with E-state index in [2.05, 4.69) is 66.4 Å². The molecule has 3 aromatic rings. The Morgan fingerprint density at radius 2 is 1.38 bits per heavy atom. The van der Waals surface area contributed by atoms with Crippen molar-refractivity contribution in [2.24, 2.45) is 0 Å². The molecule has 0 spiro atoms. The van der Waals surface area contributed by atoms with Gasteiger partial charge in [-0.1, -0.05) is 104 Å². The molecule has 1 heterocycles. The Labute approximate surface area is 174 Å². The number of hydrogen-bond acceptors (Lipinski definition) is 1. The van der Waals surface area contributed by atoms with Gasteiger partial charge in [0.15, 0.2) is 0 Å². The van der Waals surface area contributed by atoms with Gasteiger partial charge in [0.25, 0.3) is 0 Å². The van der Waals surface area contributed by atoms with Gasteiger partial charge in [0.1, 0.15) is 0 Å². The average molecular weight is 384 g/mol. The molecule has 1 aliphatic rings. The molecule has 0 radical (unpaired) electrons. The van der Waals surface area contributed by atoms with Gasteiger partial charge < -0.3 is 4.90 Å². The summed E-state index contributed by atoms with van der Waals surface area (Å²) >= 11 is 0. The minimum absolute atomic E-state index is 0.246. The number of nitrogens with zero attached hydrogens (tertiary/aromatic N) is 1. The van der Waals surface area contributed by atoms with E-state index < -0.39 is 5.41 Å². The molecule has 1 amide bonds. The fourth-order valence-electron chi connectivity index (χ4n) is 4.84. The highest BCUT2D eigenvalue weighted by Crippen LogP contribution is 2.40.